The van der Waals surface area contributed by atoms with Crippen LogP contribution >= 0.6 is 0 Å². The topological polar surface area (TPSA) is 76.6 Å². The molecule has 3 aliphatic heterocycles. The molecule has 3 saturated heterocycles. The highest BCUT2D eigenvalue weighted by Gasteiger charge is 2.50. The highest BCUT2D eigenvalue weighted by atomic mass is 19.4. The van der Waals surface area contributed by atoms with Gasteiger partial charge in [0, 0.05) is 45.0 Å². The molecule has 2 atom stereocenters. The lowest BCUT2D eigenvalue weighted by atomic mass is 10.0. The summed E-state index contributed by atoms with van der Waals surface area (Å²) in [5, 5.41) is 0.535. The third kappa shape index (κ3) is 6.03. The minimum atomic E-state index is -4.28. The van der Waals surface area contributed by atoms with Gasteiger partial charge in [0.25, 0.3) is 5.91 Å². The van der Waals surface area contributed by atoms with Crippen LogP contribution in [0.4, 0.5) is 28.4 Å². The Morgan fingerprint density at radius 3 is 2.53 bits per heavy atom. The number of fused-ring (bicyclic) bond motifs is 1. The second kappa shape index (κ2) is 10.9. The van der Waals surface area contributed by atoms with Crippen molar-refractivity contribution in [1.29, 1.82) is 0 Å². The highest BCUT2D eigenvalue weighted by molar-refractivity contribution is 6.04. The number of para-hydroxylation sites is 1. The van der Waals surface area contributed by atoms with Crippen LogP contribution in [0.15, 0.2) is 30.3 Å². The van der Waals surface area contributed by atoms with E-state index in [2.05, 4.69) is 0 Å². The lowest BCUT2D eigenvalue weighted by Gasteiger charge is -2.36. The Balaban J connectivity index is 1.36. The number of urea groups is 1. The zero-order chi connectivity index (χ0) is 25.9. The number of rotatable bonds is 6. The third-order valence-corrected chi connectivity index (χ3v) is 6.95. The monoisotopic (exact) mass is 511 g/mol. The molecule has 0 radical (unpaired) electrons. The number of piperazine rings is 1. The molecule has 9 nitrogen and oxygen atoms in total. The van der Waals surface area contributed by atoms with Gasteiger partial charge in [0.15, 0.2) is 0 Å². The molecule has 0 bridgehead atoms. The zero-order valence-electron chi connectivity index (χ0n) is 20.3. The van der Waals surface area contributed by atoms with E-state index >= 15 is 0 Å². The molecule has 3 fully saturated rings. The summed E-state index contributed by atoms with van der Waals surface area (Å²) >= 11 is 0. The van der Waals surface area contributed by atoms with Gasteiger partial charge in [0.2, 0.25) is 0 Å². The Kier molecular flexibility index (Phi) is 7.91. The van der Waals surface area contributed by atoms with Gasteiger partial charge in [0.1, 0.15) is 6.04 Å². The van der Waals surface area contributed by atoms with E-state index in [1.165, 1.54) is 14.7 Å². The average Bonchev–Trinajstić information content (AvgIpc) is 2.97. The first-order valence-electron chi connectivity index (χ1n) is 12.4. The van der Waals surface area contributed by atoms with E-state index in [9.17, 15) is 27.6 Å². The summed E-state index contributed by atoms with van der Waals surface area (Å²) in [4.78, 5) is 50.2. The smallest absolute Gasteiger partial charge is 0.367 e. The molecule has 1 aromatic rings. The molecule has 0 spiro atoms. The van der Waals surface area contributed by atoms with Crippen LogP contribution < -0.4 is 4.90 Å². The van der Waals surface area contributed by atoms with Crippen molar-refractivity contribution >= 4 is 23.7 Å². The Morgan fingerprint density at radius 2 is 1.83 bits per heavy atom. The van der Waals surface area contributed by atoms with Gasteiger partial charge in [0.05, 0.1) is 6.54 Å². The van der Waals surface area contributed by atoms with Crippen LogP contribution in [0.5, 0.6) is 0 Å². The number of alkyl halides is 3. The first kappa shape index (κ1) is 26.1. The fourth-order valence-corrected chi connectivity index (χ4v) is 5.17. The molecule has 2 unspecified atom stereocenters. The molecule has 36 heavy (non-hydrogen) atoms. The molecule has 3 heterocycles. The van der Waals surface area contributed by atoms with E-state index in [1.807, 2.05) is 35.2 Å². The predicted octanol–water partition coefficient (Wildman–Crippen LogP) is 3.18. The van der Waals surface area contributed by atoms with Crippen LogP contribution in [0.25, 0.3) is 0 Å². The second-order valence-corrected chi connectivity index (χ2v) is 9.51. The maximum atomic E-state index is 13.0. The summed E-state index contributed by atoms with van der Waals surface area (Å²) in [7, 11) is 0. The quantitative estimate of drug-likeness (QED) is 0.547. The van der Waals surface area contributed by atoms with Gasteiger partial charge in [-0.1, -0.05) is 29.7 Å². The summed E-state index contributed by atoms with van der Waals surface area (Å²) in [5.74, 6) is -0.769. The number of benzene rings is 1. The number of hydroxylamine groups is 2. The van der Waals surface area contributed by atoms with Crippen LogP contribution in [-0.2, 0) is 9.63 Å². The molecule has 0 N–H and O–H groups in total. The maximum absolute atomic E-state index is 13.0. The molecule has 4 amide bonds. The molecule has 0 aromatic heterocycles. The largest absolute Gasteiger partial charge is 0.434 e. The van der Waals surface area contributed by atoms with Gasteiger partial charge < -0.3 is 19.5 Å². The minimum absolute atomic E-state index is 0.168. The van der Waals surface area contributed by atoms with Crippen LogP contribution in [-0.4, -0.2) is 102 Å². The fraction of sp³-hybridized carbons (Fsp3) is 0.625. The highest BCUT2D eigenvalue weighted by Crippen LogP contribution is 2.27. The van der Waals surface area contributed by atoms with Gasteiger partial charge >= 0.3 is 18.3 Å². The number of amides is 4. The molecule has 3 aliphatic rings. The number of carbonyl (C=O) groups is 3. The van der Waals surface area contributed by atoms with Gasteiger partial charge in [-0.15, -0.1) is 0 Å². The summed E-state index contributed by atoms with van der Waals surface area (Å²) in [5.41, 5.74) is 0.938. The molecular weight excluding hydrogens is 479 g/mol. The lowest BCUT2D eigenvalue weighted by molar-refractivity contribution is -0.151. The summed E-state index contributed by atoms with van der Waals surface area (Å²) in [6.07, 6.45) is -3.02. The summed E-state index contributed by atoms with van der Waals surface area (Å²) in [6, 6.07) is 8.11. The Bertz CT molecular complexity index is 947. The van der Waals surface area contributed by atoms with E-state index in [-0.39, 0.29) is 32.1 Å². The van der Waals surface area contributed by atoms with Gasteiger partial charge in [-0.05, 0) is 44.4 Å². The van der Waals surface area contributed by atoms with Crippen LogP contribution in [0.1, 0.15) is 26.2 Å². The Morgan fingerprint density at radius 1 is 1.08 bits per heavy atom. The van der Waals surface area contributed by atoms with Crippen molar-refractivity contribution in [3.05, 3.63) is 30.3 Å². The van der Waals surface area contributed by atoms with Crippen molar-refractivity contribution in [3.8, 4) is 0 Å². The van der Waals surface area contributed by atoms with E-state index in [0.29, 0.717) is 37.5 Å². The molecule has 1 aromatic carbocycles. The van der Waals surface area contributed by atoms with E-state index < -0.39 is 36.8 Å². The van der Waals surface area contributed by atoms with Crippen molar-refractivity contribution < 1.29 is 32.4 Å². The molecule has 198 valence electrons. The van der Waals surface area contributed by atoms with Crippen molar-refractivity contribution in [2.24, 2.45) is 5.92 Å². The predicted molar refractivity (Wildman–Crippen MR) is 125 cm³/mol. The summed E-state index contributed by atoms with van der Waals surface area (Å²) < 4.78 is 38.7. The van der Waals surface area contributed by atoms with Gasteiger partial charge in [-0.25, -0.2) is 9.59 Å². The van der Waals surface area contributed by atoms with Crippen LogP contribution in [0.2, 0.25) is 0 Å². The number of likely N-dealkylation sites (tertiary alicyclic amines) is 1. The van der Waals surface area contributed by atoms with Crippen molar-refractivity contribution in [2.75, 3.05) is 57.3 Å². The van der Waals surface area contributed by atoms with E-state index in [0.717, 1.165) is 12.1 Å². The number of hydrogen-bond acceptors (Lipinski definition) is 6. The lowest BCUT2D eigenvalue weighted by Crippen LogP contribution is -2.53. The molecule has 0 saturated carbocycles. The first-order valence-corrected chi connectivity index (χ1v) is 12.4. The van der Waals surface area contributed by atoms with Gasteiger partial charge in [-0.2, -0.15) is 13.2 Å². The van der Waals surface area contributed by atoms with Gasteiger partial charge in [-0.3, -0.25) is 9.69 Å². The molecular formula is C24H32F3N5O4. The number of halogens is 3. The maximum Gasteiger partial charge on any atom is 0.434 e. The fourth-order valence-electron chi connectivity index (χ4n) is 5.17. The van der Waals surface area contributed by atoms with E-state index in [4.69, 9.17) is 4.84 Å². The van der Waals surface area contributed by atoms with E-state index in [1.54, 1.807) is 6.92 Å². The number of imide groups is 1. The third-order valence-electron chi connectivity index (χ3n) is 6.95. The van der Waals surface area contributed by atoms with Crippen LogP contribution in [0, 0.1) is 5.92 Å². The molecule has 4 rings (SSSR count). The average molecular weight is 512 g/mol. The van der Waals surface area contributed by atoms with Crippen molar-refractivity contribution in [1.82, 2.24) is 19.8 Å². The zero-order valence-corrected chi connectivity index (χ0v) is 20.3. The Hall–Kier alpha value is -3.02. The van der Waals surface area contributed by atoms with Crippen LogP contribution in [0.3, 0.4) is 0 Å². The first-order chi connectivity index (χ1) is 17.2. The number of hydrogen-bond donors (Lipinski definition) is 0. The van der Waals surface area contributed by atoms with Crippen molar-refractivity contribution in [2.45, 2.75) is 38.4 Å². The SMILES string of the molecule is CCN(CC1CCCCN(CC(F)(F)F)C1)C(=O)ON1C(=O)C2CN(c3ccccc3)CCN2C1=O. The molecule has 0 aliphatic carbocycles. The normalized spacial score (nSPS) is 23.5. The molecule has 12 heteroatoms. The minimum Gasteiger partial charge on any atom is -0.367 e. The number of nitrogens with zero attached hydrogens (tertiary/aromatic N) is 5. The number of anilines is 1. The summed E-state index contributed by atoms with van der Waals surface area (Å²) in [6.45, 7) is 2.89. The standard InChI is InChI=1S/C24H32F3N5O4/c1-2-29(15-18-8-6-7-11-28(14-18)17-24(25,26)27)23(35)36-32-21(33)20-16-30(12-13-31(20)22(32)34)19-9-4-3-5-10-19/h3-5,9-10,18,20H,2,6-8,11-17H2,1H3. The second-order valence-electron chi connectivity index (χ2n) is 9.51. The Labute approximate surface area is 208 Å². The van der Waals surface area contributed by atoms with Crippen molar-refractivity contribution in [3.63, 3.8) is 0 Å². The number of carbonyl (C=O) groups excluding carboxylic acids is 3.